The summed E-state index contributed by atoms with van der Waals surface area (Å²) in [6, 6.07) is 3.67. The first-order valence-electron chi connectivity index (χ1n) is 5.87. The van der Waals surface area contributed by atoms with Gasteiger partial charge in [-0.2, -0.15) is 0 Å². The van der Waals surface area contributed by atoms with E-state index in [1.807, 2.05) is 6.07 Å². The first-order chi connectivity index (χ1) is 8.14. The number of rotatable bonds is 3. The number of hydrogen-bond donors (Lipinski definition) is 1. The minimum Gasteiger partial charge on any atom is -0.493 e. The third kappa shape index (κ3) is 2.08. The van der Waals surface area contributed by atoms with Crippen LogP contribution < -0.4 is 10.5 Å². The third-order valence-corrected chi connectivity index (χ3v) is 4.39. The first-order valence-corrected chi connectivity index (χ1v) is 6.66. The van der Waals surface area contributed by atoms with Crippen LogP contribution in [0, 0.1) is 5.82 Å². The average molecular weight is 302 g/mol. The van der Waals surface area contributed by atoms with Gasteiger partial charge in [-0.15, -0.1) is 0 Å². The standard InChI is InChI=1S/C13H17BrFNO/c1-17-12-9(4-5-10(14)11(12)15)13(8-16)6-2-3-7-13/h4-5H,2-3,6-8,16H2,1H3. The van der Waals surface area contributed by atoms with Gasteiger partial charge in [0, 0.05) is 17.5 Å². The van der Waals surface area contributed by atoms with Crippen molar-refractivity contribution in [3.63, 3.8) is 0 Å². The maximum atomic E-state index is 14.0. The SMILES string of the molecule is COc1c(C2(CN)CCCC2)ccc(Br)c1F. The number of benzene rings is 1. The van der Waals surface area contributed by atoms with Crippen LogP contribution >= 0.6 is 15.9 Å². The Morgan fingerprint density at radius 3 is 2.59 bits per heavy atom. The molecule has 0 unspecified atom stereocenters. The Morgan fingerprint density at radius 2 is 2.06 bits per heavy atom. The molecule has 1 aromatic carbocycles. The van der Waals surface area contributed by atoms with Crippen molar-refractivity contribution in [3.8, 4) is 5.75 Å². The van der Waals surface area contributed by atoms with Gasteiger partial charge in [-0.3, -0.25) is 0 Å². The lowest BCUT2D eigenvalue weighted by Crippen LogP contribution is -2.32. The molecule has 1 fully saturated rings. The molecule has 0 amide bonds. The second kappa shape index (κ2) is 4.94. The monoisotopic (exact) mass is 301 g/mol. The van der Waals surface area contributed by atoms with Crippen molar-refractivity contribution >= 4 is 15.9 Å². The van der Waals surface area contributed by atoms with E-state index in [-0.39, 0.29) is 11.2 Å². The van der Waals surface area contributed by atoms with Gasteiger partial charge in [0.2, 0.25) is 0 Å². The van der Waals surface area contributed by atoms with Crippen LogP contribution in [0.5, 0.6) is 5.75 Å². The van der Waals surface area contributed by atoms with Crippen LogP contribution in [-0.4, -0.2) is 13.7 Å². The van der Waals surface area contributed by atoms with Crippen LogP contribution in [0.3, 0.4) is 0 Å². The molecule has 0 aliphatic heterocycles. The van der Waals surface area contributed by atoms with Gasteiger partial charge < -0.3 is 10.5 Å². The number of methoxy groups -OCH3 is 1. The van der Waals surface area contributed by atoms with Crippen molar-refractivity contribution < 1.29 is 9.13 Å². The topological polar surface area (TPSA) is 35.2 Å². The molecule has 0 aromatic heterocycles. The van der Waals surface area contributed by atoms with E-state index < -0.39 is 0 Å². The van der Waals surface area contributed by atoms with E-state index in [1.54, 1.807) is 6.07 Å². The summed E-state index contributed by atoms with van der Waals surface area (Å²) in [7, 11) is 1.51. The molecule has 0 saturated heterocycles. The molecule has 2 rings (SSSR count). The summed E-state index contributed by atoms with van der Waals surface area (Å²) in [4.78, 5) is 0. The van der Waals surface area contributed by atoms with Crippen molar-refractivity contribution in [1.82, 2.24) is 0 Å². The molecule has 1 aromatic rings. The summed E-state index contributed by atoms with van der Waals surface area (Å²) in [5, 5.41) is 0. The highest BCUT2D eigenvalue weighted by atomic mass is 79.9. The number of halogens is 2. The van der Waals surface area contributed by atoms with E-state index in [2.05, 4.69) is 15.9 Å². The van der Waals surface area contributed by atoms with Gasteiger partial charge in [-0.25, -0.2) is 4.39 Å². The Hall–Kier alpha value is -0.610. The molecule has 4 heteroatoms. The van der Waals surface area contributed by atoms with Gasteiger partial charge in [-0.1, -0.05) is 18.9 Å². The highest BCUT2D eigenvalue weighted by Crippen LogP contribution is 2.45. The Kier molecular flexibility index (Phi) is 3.73. The molecule has 1 aliphatic rings. The molecule has 17 heavy (non-hydrogen) atoms. The summed E-state index contributed by atoms with van der Waals surface area (Å²) in [5.41, 5.74) is 6.74. The smallest absolute Gasteiger partial charge is 0.179 e. The lowest BCUT2D eigenvalue weighted by atomic mass is 9.78. The van der Waals surface area contributed by atoms with E-state index >= 15 is 0 Å². The van der Waals surface area contributed by atoms with Crippen LogP contribution in [-0.2, 0) is 5.41 Å². The van der Waals surface area contributed by atoms with Crippen molar-refractivity contribution in [3.05, 3.63) is 28.0 Å². The first kappa shape index (κ1) is 12.8. The van der Waals surface area contributed by atoms with E-state index in [4.69, 9.17) is 10.5 Å². The van der Waals surface area contributed by atoms with Gasteiger partial charge >= 0.3 is 0 Å². The van der Waals surface area contributed by atoms with Crippen molar-refractivity contribution in [2.75, 3.05) is 13.7 Å². The molecule has 1 saturated carbocycles. The van der Waals surface area contributed by atoms with Gasteiger partial charge in [0.1, 0.15) is 0 Å². The van der Waals surface area contributed by atoms with E-state index in [0.29, 0.717) is 16.8 Å². The molecule has 0 heterocycles. The van der Waals surface area contributed by atoms with Gasteiger partial charge in [0.05, 0.1) is 11.6 Å². The molecule has 1 aliphatic carbocycles. The fourth-order valence-electron chi connectivity index (χ4n) is 2.78. The summed E-state index contributed by atoms with van der Waals surface area (Å²) < 4.78 is 19.7. The Morgan fingerprint density at radius 1 is 1.41 bits per heavy atom. The highest BCUT2D eigenvalue weighted by molar-refractivity contribution is 9.10. The second-order valence-electron chi connectivity index (χ2n) is 4.63. The third-order valence-electron chi connectivity index (χ3n) is 3.78. The zero-order valence-corrected chi connectivity index (χ0v) is 11.5. The molecule has 2 N–H and O–H groups in total. The number of ether oxygens (including phenoxy) is 1. The van der Waals surface area contributed by atoms with Crippen LogP contribution in [0.4, 0.5) is 4.39 Å². The van der Waals surface area contributed by atoms with Crippen LogP contribution in [0.25, 0.3) is 0 Å². The van der Waals surface area contributed by atoms with Crippen LogP contribution in [0.15, 0.2) is 16.6 Å². The van der Waals surface area contributed by atoms with E-state index in [0.717, 1.165) is 31.2 Å². The summed E-state index contributed by atoms with van der Waals surface area (Å²) >= 11 is 3.18. The van der Waals surface area contributed by atoms with E-state index in [9.17, 15) is 4.39 Å². The quantitative estimate of drug-likeness (QED) is 0.929. The minimum atomic E-state index is -0.329. The number of nitrogens with two attached hydrogens (primary N) is 1. The fraction of sp³-hybridized carbons (Fsp3) is 0.538. The summed E-state index contributed by atoms with van der Waals surface area (Å²) in [6.07, 6.45) is 4.33. The molecular formula is C13H17BrFNO. The van der Waals surface area contributed by atoms with E-state index in [1.165, 1.54) is 7.11 Å². The molecule has 94 valence electrons. The van der Waals surface area contributed by atoms with Crippen LogP contribution in [0.2, 0.25) is 0 Å². The molecule has 0 atom stereocenters. The Labute approximate surface area is 109 Å². The maximum Gasteiger partial charge on any atom is 0.179 e. The average Bonchev–Trinajstić information content (AvgIpc) is 2.82. The predicted octanol–water partition coefficient (Wildman–Crippen LogP) is 3.37. The zero-order chi connectivity index (χ0) is 12.5. The molecular weight excluding hydrogens is 285 g/mol. The predicted molar refractivity (Wildman–Crippen MR) is 69.9 cm³/mol. The normalized spacial score (nSPS) is 18.4. The summed E-state index contributed by atoms with van der Waals surface area (Å²) in [6.45, 7) is 0.546. The fourth-order valence-corrected chi connectivity index (χ4v) is 3.10. The lowest BCUT2D eigenvalue weighted by Gasteiger charge is -2.29. The highest BCUT2D eigenvalue weighted by Gasteiger charge is 2.37. The Bertz CT molecular complexity index is 416. The van der Waals surface area contributed by atoms with Gasteiger partial charge in [0.15, 0.2) is 11.6 Å². The van der Waals surface area contributed by atoms with Crippen molar-refractivity contribution in [1.29, 1.82) is 0 Å². The molecule has 0 bridgehead atoms. The minimum absolute atomic E-state index is 0.104. The van der Waals surface area contributed by atoms with Gasteiger partial charge in [-0.05, 0) is 34.8 Å². The van der Waals surface area contributed by atoms with Gasteiger partial charge in [0.25, 0.3) is 0 Å². The molecule has 0 radical (unpaired) electrons. The molecule has 2 nitrogen and oxygen atoms in total. The zero-order valence-electron chi connectivity index (χ0n) is 9.93. The maximum absolute atomic E-state index is 14.0. The lowest BCUT2D eigenvalue weighted by molar-refractivity contribution is 0.355. The summed E-state index contributed by atoms with van der Waals surface area (Å²) in [5.74, 6) is 0.0106. The Balaban J connectivity index is 2.54. The van der Waals surface area contributed by atoms with Crippen molar-refractivity contribution in [2.24, 2.45) is 5.73 Å². The largest absolute Gasteiger partial charge is 0.493 e. The van der Waals surface area contributed by atoms with Crippen molar-refractivity contribution in [2.45, 2.75) is 31.1 Å². The molecule has 0 spiro atoms. The van der Waals surface area contributed by atoms with Crippen LogP contribution in [0.1, 0.15) is 31.2 Å². The number of hydrogen-bond acceptors (Lipinski definition) is 2. The second-order valence-corrected chi connectivity index (χ2v) is 5.49.